The highest BCUT2D eigenvalue weighted by atomic mass is 35.5. The first-order valence-electron chi connectivity index (χ1n) is 5.65. The van der Waals surface area contributed by atoms with Crippen LogP contribution in [-0.4, -0.2) is 18.1 Å². The molecule has 1 aromatic rings. The maximum Gasteiger partial charge on any atom is 0.141 e. The molecule has 0 N–H and O–H groups in total. The quantitative estimate of drug-likeness (QED) is 0.756. The van der Waals surface area contributed by atoms with E-state index in [-0.39, 0.29) is 5.82 Å². The molecular weight excluding hydrogens is 227 g/mol. The van der Waals surface area contributed by atoms with Crippen molar-refractivity contribution in [1.29, 1.82) is 0 Å². The molecule has 16 heavy (non-hydrogen) atoms. The number of nitrogens with zero attached hydrogens (tertiary/aromatic N) is 2. The summed E-state index contributed by atoms with van der Waals surface area (Å²) in [6.45, 7) is 0. The third kappa shape index (κ3) is 2.29. The fourth-order valence-electron chi connectivity index (χ4n) is 2.35. The number of pyridine rings is 1. The van der Waals surface area contributed by atoms with Crippen molar-refractivity contribution in [3.63, 3.8) is 0 Å². The summed E-state index contributed by atoms with van der Waals surface area (Å²) >= 11 is 5.82. The number of hydrogen-bond acceptors (Lipinski definition) is 2. The average Bonchev–Trinajstić information content (AvgIpc) is 2.81. The molecule has 2 nitrogen and oxygen atoms in total. The molecule has 0 spiro atoms. The Hall–Kier alpha value is -0.830. The van der Waals surface area contributed by atoms with Gasteiger partial charge in [0.25, 0.3) is 0 Å². The van der Waals surface area contributed by atoms with E-state index in [2.05, 4.69) is 9.88 Å². The van der Waals surface area contributed by atoms with Crippen molar-refractivity contribution in [2.75, 3.05) is 11.9 Å². The molecule has 1 aliphatic carbocycles. The maximum atomic E-state index is 13.0. The zero-order valence-electron chi connectivity index (χ0n) is 9.42. The number of halogens is 2. The van der Waals surface area contributed by atoms with Gasteiger partial charge in [0.05, 0.1) is 12.1 Å². The molecule has 1 saturated carbocycles. The molecule has 2 rings (SSSR count). The minimum Gasteiger partial charge on any atom is -0.356 e. The molecule has 1 aliphatic rings. The summed E-state index contributed by atoms with van der Waals surface area (Å²) in [5, 5.41) is 0. The second kappa shape index (κ2) is 5.00. The first kappa shape index (κ1) is 11.6. The lowest BCUT2D eigenvalue weighted by atomic mass is 10.2. The normalized spacial score (nSPS) is 16.7. The van der Waals surface area contributed by atoms with Crippen molar-refractivity contribution in [2.45, 2.75) is 37.6 Å². The highest BCUT2D eigenvalue weighted by molar-refractivity contribution is 6.17. The predicted octanol–water partition coefficient (Wildman–Crippen LogP) is 3.34. The van der Waals surface area contributed by atoms with Gasteiger partial charge in [-0.3, -0.25) is 0 Å². The molecule has 4 heteroatoms. The van der Waals surface area contributed by atoms with Gasteiger partial charge in [0, 0.05) is 18.7 Å². The van der Waals surface area contributed by atoms with Gasteiger partial charge in [-0.05, 0) is 18.9 Å². The number of aromatic nitrogens is 1. The fraction of sp³-hybridized carbons (Fsp3) is 0.583. The molecule has 0 unspecified atom stereocenters. The lowest BCUT2D eigenvalue weighted by Crippen LogP contribution is -2.30. The molecule has 88 valence electrons. The summed E-state index contributed by atoms with van der Waals surface area (Å²) in [7, 11) is 2.02. The van der Waals surface area contributed by atoms with Gasteiger partial charge in [-0.25, -0.2) is 9.37 Å². The van der Waals surface area contributed by atoms with Crippen molar-refractivity contribution in [3.05, 3.63) is 23.6 Å². The Kier molecular flexibility index (Phi) is 3.64. The first-order chi connectivity index (χ1) is 7.72. The second-order valence-electron chi connectivity index (χ2n) is 4.32. The summed E-state index contributed by atoms with van der Waals surface area (Å²) in [5.74, 6) is 0.805. The third-order valence-corrected chi connectivity index (χ3v) is 3.55. The van der Waals surface area contributed by atoms with Gasteiger partial charge < -0.3 is 4.90 Å². The number of alkyl halides is 1. The van der Waals surface area contributed by atoms with Crippen LogP contribution in [0.2, 0.25) is 0 Å². The molecular formula is C12H16ClFN2. The minimum absolute atomic E-state index is 0.303. The monoisotopic (exact) mass is 242 g/mol. The van der Waals surface area contributed by atoms with E-state index >= 15 is 0 Å². The predicted molar refractivity (Wildman–Crippen MR) is 64.4 cm³/mol. The van der Waals surface area contributed by atoms with Crippen molar-refractivity contribution < 1.29 is 4.39 Å². The molecule has 0 aliphatic heterocycles. The smallest absolute Gasteiger partial charge is 0.141 e. The van der Waals surface area contributed by atoms with Gasteiger partial charge in [-0.15, -0.1) is 11.6 Å². The van der Waals surface area contributed by atoms with E-state index in [0.29, 0.717) is 11.9 Å². The molecule has 0 bridgehead atoms. The van der Waals surface area contributed by atoms with Crippen LogP contribution < -0.4 is 4.90 Å². The molecule has 0 radical (unpaired) electrons. The third-order valence-electron chi connectivity index (χ3n) is 3.26. The molecule has 0 amide bonds. The Balaban J connectivity index is 2.24. The van der Waals surface area contributed by atoms with E-state index < -0.39 is 0 Å². The average molecular weight is 243 g/mol. The summed E-state index contributed by atoms with van der Waals surface area (Å²) in [4.78, 5) is 6.30. The summed E-state index contributed by atoms with van der Waals surface area (Å²) in [5.41, 5.74) is 0.774. The first-order valence-corrected chi connectivity index (χ1v) is 6.19. The van der Waals surface area contributed by atoms with Gasteiger partial charge in [0.15, 0.2) is 0 Å². The van der Waals surface area contributed by atoms with Gasteiger partial charge in [-0.1, -0.05) is 12.8 Å². The molecule has 1 fully saturated rings. The van der Waals surface area contributed by atoms with E-state index in [1.165, 1.54) is 37.9 Å². The van der Waals surface area contributed by atoms with Gasteiger partial charge in [-0.2, -0.15) is 0 Å². The number of anilines is 1. The second-order valence-corrected chi connectivity index (χ2v) is 4.59. The van der Waals surface area contributed by atoms with Crippen LogP contribution in [0.5, 0.6) is 0 Å². The van der Waals surface area contributed by atoms with Crippen LogP contribution in [0, 0.1) is 5.82 Å². The molecule has 0 atom stereocenters. The topological polar surface area (TPSA) is 16.1 Å². The Morgan fingerprint density at radius 1 is 1.50 bits per heavy atom. The van der Waals surface area contributed by atoms with Gasteiger partial charge in [0.1, 0.15) is 11.6 Å². The highest BCUT2D eigenvalue weighted by Gasteiger charge is 2.22. The standard InChI is InChI=1S/C12H16ClFN2/c1-16(11-4-2-3-5-11)12-9(7-13)6-10(14)8-15-12/h6,8,11H,2-5,7H2,1H3. The number of rotatable bonds is 3. The summed E-state index contributed by atoms with van der Waals surface area (Å²) in [6, 6.07) is 2.00. The minimum atomic E-state index is -0.320. The number of hydrogen-bond donors (Lipinski definition) is 0. The van der Waals surface area contributed by atoms with Crippen LogP contribution in [0.1, 0.15) is 31.2 Å². The van der Waals surface area contributed by atoms with Crippen LogP contribution >= 0.6 is 11.6 Å². The highest BCUT2D eigenvalue weighted by Crippen LogP contribution is 2.28. The van der Waals surface area contributed by atoms with E-state index in [9.17, 15) is 4.39 Å². The van der Waals surface area contributed by atoms with E-state index in [1.54, 1.807) is 0 Å². The van der Waals surface area contributed by atoms with E-state index in [1.807, 2.05) is 7.05 Å². The summed E-state index contributed by atoms with van der Waals surface area (Å²) in [6.07, 6.45) is 6.18. The fourth-order valence-corrected chi connectivity index (χ4v) is 2.55. The van der Waals surface area contributed by atoms with E-state index in [0.717, 1.165) is 11.4 Å². The van der Waals surface area contributed by atoms with Crippen LogP contribution in [0.15, 0.2) is 12.3 Å². The van der Waals surface area contributed by atoms with Gasteiger partial charge >= 0.3 is 0 Å². The van der Waals surface area contributed by atoms with Crippen molar-refractivity contribution >= 4 is 17.4 Å². The SMILES string of the molecule is CN(c1ncc(F)cc1CCl)C1CCCC1. The van der Waals surface area contributed by atoms with Crippen LogP contribution in [0.4, 0.5) is 10.2 Å². The van der Waals surface area contributed by atoms with Crippen molar-refractivity contribution in [3.8, 4) is 0 Å². The van der Waals surface area contributed by atoms with Crippen LogP contribution in [-0.2, 0) is 5.88 Å². The van der Waals surface area contributed by atoms with Crippen molar-refractivity contribution in [2.24, 2.45) is 0 Å². The van der Waals surface area contributed by atoms with Gasteiger partial charge in [0.2, 0.25) is 0 Å². The van der Waals surface area contributed by atoms with Crippen LogP contribution in [0.3, 0.4) is 0 Å². The molecule has 1 aromatic heterocycles. The zero-order valence-corrected chi connectivity index (χ0v) is 10.2. The molecule has 1 heterocycles. The Morgan fingerprint density at radius 2 is 2.19 bits per heavy atom. The largest absolute Gasteiger partial charge is 0.356 e. The Labute approximate surface area is 100 Å². The lowest BCUT2D eigenvalue weighted by molar-refractivity contribution is 0.611. The Bertz CT molecular complexity index is 364. The zero-order chi connectivity index (χ0) is 11.5. The molecule has 0 saturated heterocycles. The van der Waals surface area contributed by atoms with Crippen molar-refractivity contribution in [1.82, 2.24) is 4.98 Å². The van der Waals surface area contributed by atoms with E-state index in [4.69, 9.17) is 11.6 Å². The van der Waals surface area contributed by atoms with Crippen LogP contribution in [0.25, 0.3) is 0 Å². The Morgan fingerprint density at radius 3 is 2.81 bits per heavy atom. The maximum absolute atomic E-state index is 13.0. The lowest BCUT2D eigenvalue weighted by Gasteiger charge is -2.27. The molecule has 0 aromatic carbocycles. The summed E-state index contributed by atoms with van der Waals surface area (Å²) < 4.78 is 13.0.